The van der Waals surface area contributed by atoms with Gasteiger partial charge in [0.15, 0.2) is 0 Å². The molecule has 0 unspecified atom stereocenters. The van der Waals surface area contributed by atoms with Gasteiger partial charge < -0.3 is 10.6 Å². The lowest BCUT2D eigenvalue weighted by Crippen LogP contribution is -2.32. The van der Waals surface area contributed by atoms with Gasteiger partial charge in [-0.1, -0.05) is 6.07 Å². The molecule has 0 bridgehead atoms. The lowest BCUT2D eigenvalue weighted by atomic mass is 10.3. The second kappa shape index (κ2) is 7.42. The third kappa shape index (κ3) is 4.59. The maximum atomic E-state index is 11.9. The highest BCUT2D eigenvalue weighted by atomic mass is 16.2. The lowest BCUT2D eigenvalue weighted by Gasteiger charge is -2.12. The summed E-state index contributed by atoms with van der Waals surface area (Å²) in [6, 6.07) is 5.49. The van der Waals surface area contributed by atoms with Gasteiger partial charge in [0.25, 0.3) is 0 Å². The van der Waals surface area contributed by atoms with Crippen LogP contribution in [-0.4, -0.2) is 33.8 Å². The van der Waals surface area contributed by atoms with E-state index in [4.69, 9.17) is 0 Å². The van der Waals surface area contributed by atoms with E-state index < -0.39 is 0 Å². The summed E-state index contributed by atoms with van der Waals surface area (Å²) in [5.74, 6) is 0.837. The van der Waals surface area contributed by atoms with Crippen LogP contribution in [0, 0.1) is 6.92 Å². The van der Waals surface area contributed by atoms with E-state index in [0.29, 0.717) is 6.54 Å². The first kappa shape index (κ1) is 15.0. The zero-order valence-corrected chi connectivity index (χ0v) is 12.4. The number of pyridine rings is 1. The summed E-state index contributed by atoms with van der Waals surface area (Å²) in [6.07, 6.45) is 6.13. The molecular weight excluding hydrogens is 266 g/mol. The first-order valence-electron chi connectivity index (χ1n) is 7.10. The van der Waals surface area contributed by atoms with Gasteiger partial charge in [-0.05, 0) is 38.0 Å². The molecule has 1 atom stereocenters. The van der Waals surface area contributed by atoms with Crippen LogP contribution < -0.4 is 10.6 Å². The van der Waals surface area contributed by atoms with E-state index in [0.717, 1.165) is 24.3 Å². The number of hydrogen-bond acceptors (Lipinski definition) is 4. The summed E-state index contributed by atoms with van der Waals surface area (Å²) in [6.45, 7) is 5.24. The smallest absolute Gasteiger partial charge is 0.244 e. The van der Waals surface area contributed by atoms with Crippen LogP contribution in [0.15, 0.2) is 36.8 Å². The summed E-state index contributed by atoms with van der Waals surface area (Å²) < 4.78 is 1.64. The SMILES string of the molecule is Cc1ccc(NCCCNC(=O)[C@H](C)n2cccn2)nc1. The first-order valence-corrected chi connectivity index (χ1v) is 7.10. The monoisotopic (exact) mass is 287 g/mol. The second-order valence-corrected chi connectivity index (χ2v) is 4.95. The molecule has 6 heteroatoms. The normalized spacial score (nSPS) is 11.9. The lowest BCUT2D eigenvalue weighted by molar-refractivity contribution is -0.124. The van der Waals surface area contributed by atoms with E-state index in [1.165, 1.54) is 0 Å². The molecule has 0 aromatic carbocycles. The maximum Gasteiger partial charge on any atom is 0.244 e. The van der Waals surface area contributed by atoms with Crippen molar-refractivity contribution in [2.24, 2.45) is 0 Å². The highest BCUT2D eigenvalue weighted by Gasteiger charge is 2.13. The number of aryl methyl sites for hydroxylation is 1. The molecule has 0 aliphatic heterocycles. The Morgan fingerprint density at radius 1 is 1.38 bits per heavy atom. The van der Waals surface area contributed by atoms with Crippen molar-refractivity contribution in [1.82, 2.24) is 20.1 Å². The van der Waals surface area contributed by atoms with Crippen molar-refractivity contribution >= 4 is 11.7 Å². The molecule has 0 aliphatic carbocycles. The van der Waals surface area contributed by atoms with Crippen LogP contribution in [0.2, 0.25) is 0 Å². The van der Waals surface area contributed by atoms with Gasteiger partial charge in [0.1, 0.15) is 11.9 Å². The zero-order valence-electron chi connectivity index (χ0n) is 12.4. The van der Waals surface area contributed by atoms with E-state index in [9.17, 15) is 4.79 Å². The summed E-state index contributed by atoms with van der Waals surface area (Å²) in [5, 5.41) is 10.2. The standard InChI is InChI=1S/C15H21N5O/c1-12-5-6-14(18-11-12)16-7-3-8-17-15(21)13(2)20-10-4-9-19-20/h4-6,9-11,13H,3,7-8H2,1-2H3,(H,16,18)(H,17,21)/t13-/m0/s1. The molecule has 2 aromatic heterocycles. The average Bonchev–Trinajstić information content (AvgIpc) is 3.02. The molecule has 0 spiro atoms. The summed E-state index contributed by atoms with van der Waals surface area (Å²) in [7, 11) is 0. The molecule has 6 nitrogen and oxygen atoms in total. The summed E-state index contributed by atoms with van der Waals surface area (Å²) in [4.78, 5) is 16.2. The van der Waals surface area contributed by atoms with Crippen LogP contribution >= 0.6 is 0 Å². The average molecular weight is 287 g/mol. The minimum Gasteiger partial charge on any atom is -0.370 e. The second-order valence-electron chi connectivity index (χ2n) is 4.95. The van der Waals surface area contributed by atoms with Gasteiger partial charge in [0.05, 0.1) is 0 Å². The quantitative estimate of drug-likeness (QED) is 0.761. The van der Waals surface area contributed by atoms with Crippen LogP contribution in [0.25, 0.3) is 0 Å². The largest absolute Gasteiger partial charge is 0.370 e. The van der Waals surface area contributed by atoms with Crippen LogP contribution in [0.1, 0.15) is 24.9 Å². The van der Waals surface area contributed by atoms with Gasteiger partial charge >= 0.3 is 0 Å². The van der Waals surface area contributed by atoms with Crippen LogP contribution in [0.5, 0.6) is 0 Å². The van der Waals surface area contributed by atoms with Gasteiger partial charge in [0, 0.05) is 31.7 Å². The van der Waals surface area contributed by atoms with Crippen molar-refractivity contribution in [3.8, 4) is 0 Å². The molecule has 0 aliphatic rings. The molecule has 2 N–H and O–H groups in total. The molecule has 0 fully saturated rings. The molecule has 2 heterocycles. The molecule has 0 saturated carbocycles. The molecule has 0 saturated heterocycles. The Morgan fingerprint density at radius 2 is 2.24 bits per heavy atom. The Hall–Kier alpha value is -2.37. The van der Waals surface area contributed by atoms with Crippen molar-refractivity contribution in [3.05, 3.63) is 42.4 Å². The molecule has 112 valence electrons. The number of anilines is 1. The third-order valence-electron chi connectivity index (χ3n) is 3.17. The topological polar surface area (TPSA) is 71.8 Å². The Balaban J connectivity index is 1.63. The molecule has 21 heavy (non-hydrogen) atoms. The fourth-order valence-corrected chi connectivity index (χ4v) is 1.87. The summed E-state index contributed by atoms with van der Waals surface area (Å²) >= 11 is 0. The number of carbonyl (C=O) groups is 1. The fraction of sp³-hybridized carbons (Fsp3) is 0.400. The third-order valence-corrected chi connectivity index (χ3v) is 3.17. The Labute approximate surface area is 124 Å². The zero-order chi connectivity index (χ0) is 15.1. The van der Waals surface area contributed by atoms with Gasteiger partial charge in [0.2, 0.25) is 5.91 Å². The predicted molar refractivity (Wildman–Crippen MR) is 82.0 cm³/mol. The van der Waals surface area contributed by atoms with E-state index in [1.807, 2.05) is 38.2 Å². The van der Waals surface area contributed by atoms with Crippen molar-refractivity contribution in [1.29, 1.82) is 0 Å². The van der Waals surface area contributed by atoms with Crippen molar-refractivity contribution in [2.75, 3.05) is 18.4 Å². The minimum atomic E-state index is -0.285. The highest BCUT2D eigenvalue weighted by Crippen LogP contribution is 2.04. The van der Waals surface area contributed by atoms with Gasteiger partial charge in [-0.3, -0.25) is 9.48 Å². The summed E-state index contributed by atoms with van der Waals surface area (Å²) in [5.41, 5.74) is 1.14. The Morgan fingerprint density at radius 3 is 2.90 bits per heavy atom. The molecule has 1 amide bonds. The van der Waals surface area contributed by atoms with Crippen molar-refractivity contribution in [2.45, 2.75) is 26.3 Å². The van der Waals surface area contributed by atoms with E-state index in [-0.39, 0.29) is 11.9 Å². The van der Waals surface area contributed by atoms with Crippen LogP contribution in [-0.2, 0) is 4.79 Å². The first-order chi connectivity index (χ1) is 10.2. The molecule has 2 aromatic rings. The minimum absolute atomic E-state index is 0.0211. The van der Waals surface area contributed by atoms with E-state index in [1.54, 1.807) is 17.1 Å². The molecule has 2 rings (SSSR count). The fourth-order valence-electron chi connectivity index (χ4n) is 1.87. The Bertz CT molecular complexity index is 550. The van der Waals surface area contributed by atoms with Crippen molar-refractivity contribution in [3.63, 3.8) is 0 Å². The molecular formula is C15H21N5O. The van der Waals surface area contributed by atoms with E-state index in [2.05, 4.69) is 20.7 Å². The number of hydrogen-bond donors (Lipinski definition) is 2. The number of carbonyl (C=O) groups excluding carboxylic acids is 1. The maximum absolute atomic E-state index is 11.9. The molecule has 0 radical (unpaired) electrons. The Kier molecular flexibility index (Phi) is 5.31. The van der Waals surface area contributed by atoms with Crippen LogP contribution in [0.3, 0.4) is 0 Å². The number of amides is 1. The van der Waals surface area contributed by atoms with Crippen LogP contribution in [0.4, 0.5) is 5.82 Å². The number of nitrogens with one attached hydrogen (secondary N) is 2. The van der Waals surface area contributed by atoms with Crippen molar-refractivity contribution < 1.29 is 4.79 Å². The highest BCUT2D eigenvalue weighted by molar-refractivity contribution is 5.79. The van der Waals surface area contributed by atoms with E-state index >= 15 is 0 Å². The van der Waals surface area contributed by atoms with Gasteiger partial charge in [-0.15, -0.1) is 0 Å². The number of rotatable bonds is 7. The number of aromatic nitrogens is 3. The van der Waals surface area contributed by atoms with Gasteiger partial charge in [-0.2, -0.15) is 5.10 Å². The van der Waals surface area contributed by atoms with Gasteiger partial charge in [-0.25, -0.2) is 4.98 Å². The predicted octanol–water partition coefficient (Wildman–Crippen LogP) is 1.77. The number of nitrogens with zero attached hydrogens (tertiary/aromatic N) is 3.